The molecule has 1 aromatic carbocycles. The van der Waals surface area contributed by atoms with Gasteiger partial charge in [0, 0.05) is 12.8 Å². The molecular weight excluding hydrogens is 223 g/mol. The van der Waals surface area contributed by atoms with Crippen LogP contribution in [0.25, 0.3) is 0 Å². The van der Waals surface area contributed by atoms with Crippen LogP contribution in [0.4, 0.5) is 0 Å². The van der Waals surface area contributed by atoms with Crippen molar-refractivity contribution in [3.8, 4) is 5.75 Å². The molecule has 0 aliphatic carbocycles. The number of hydrogen-bond donors (Lipinski definition) is 1. The highest BCUT2D eigenvalue weighted by Crippen LogP contribution is 2.46. The molecule has 0 fully saturated rings. The van der Waals surface area contributed by atoms with Crippen LogP contribution >= 0.6 is 7.37 Å². The Kier molecular flexibility index (Phi) is 4.57. The Labute approximate surface area is 96.9 Å². The van der Waals surface area contributed by atoms with Gasteiger partial charge in [-0.05, 0) is 30.5 Å². The van der Waals surface area contributed by atoms with Gasteiger partial charge in [-0.25, -0.2) is 0 Å². The molecule has 1 rings (SSSR count). The zero-order chi connectivity index (χ0) is 12.2. The Morgan fingerprint density at radius 3 is 2.75 bits per heavy atom. The lowest BCUT2D eigenvalue weighted by Crippen LogP contribution is -2.03. The molecule has 1 unspecified atom stereocenters. The van der Waals surface area contributed by atoms with Gasteiger partial charge in [-0.1, -0.05) is 19.1 Å². The van der Waals surface area contributed by atoms with E-state index in [9.17, 15) is 9.67 Å². The van der Waals surface area contributed by atoms with Gasteiger partial charge in [0.15, 0.2) is 0 Å². The Hall–Kier alpha value is -0.790. The quantitative estimate of drug-likeness (QED) is 0.804. The van der Waals surface area contributed by atoms with E-state index in [4.69, 9.17) is 4.52 Å². The minimum absolute atomic E-state index is 0.120. The third-order valence-electron chi connectivity index (χ3n) is 2.45. The summed E-state index contributed by atoms with van der Waals surface area (Å²) in [5.41, 5.74) is 0.988. The molecule has 0 saturated heterocycles. The summed E-state index contributed by atoms with van der Waals surface area (Å²) in [5.74, 6) is 0.362. The summed E-state index contributed by atoms with van der Waals surface area (Å²) in [6.07, 6.45) is 0.504. The maximum atomic E-state index is 12.0. The van der Waals surface area contributed by atoms with Crippen molar-refractivity contribution in [1.82, 2.24) is 0 Å². The van der Waals surface area contributed by atoms with Gasteiger partial charge in [0.2, 0.25) is 7.37 Å². The van der Waals surface area contributed by atoms with E-state index in [2.05, 4.69) is 0 Å². The number of benzene rings is 1. The van der Waals surface area contributed by atoms with Crippen molar-refractivity contribution in [2.75, 3.05) is 19.4 Å². The highest BCUT2D eigenvalue weighted by molar-refractivity contribution is 7.58. The fourth-order valence-corrected chi connectivity index (χ4v) is 3.62. The van der Waals surface area contributed by atoms with Crippen LogP contribution in [0, 0.1) is 0 Å². The molecule has 0 aliphatic rings. The van der Waals surface area contributed by atoms with Crippen LogP contribution in [0.15, 0.2) is 24.3 Å². The van der Waals surface area contributed by atoms with Crippen molar-refractivity contribution in [2.24, 2.45) is 0 Å². The molecular formula is C12H19O3P. The molecule has 1 N–H and O–H groups in total. The van der Waals surface area contributed by atoms with E-state index in [-0.39, 0.29) is 11.7 Å². The summed E-state index contributed by atoms with van der Waals surface area (Å²) >= 11 is 0. The van der Waals surface area contributed by atoms with Gasteiger partial charge >= 0.3 is 0 Å². The van der Waals surface area contributed by atoms with Gasteiger partial charge < -0.3 is 9.63 Å². The number of phenols is 1. The maximum Gasteiger partial charge on any atom is 0.200 e. The van der Waals surface area contributed by atoms with E-state index in [0.29, 0.717) is 12.8 Å². The van der Waals surface area contributed by atoms with Crippen LogP contribution in [0.3, 0.4) is 0 Å². The zero-order valence-electron chi connectivity index (χ0n) is 10.0. The lowest BCUT2D eigenvalue weighted by molar-refractivity contribution is 0.335. The molecule has 3 nitrogen and oxygen atoms in total. The van der Waals surface area contributed by atoms with E-state index in [0.717, 1.165) is 5.56 Å². The van der Waals surface area contributed by atoms with E-state index in [1.54, 1.807) is 24.9 Å². The first-order valence-corrected chi connectivity index (χ1v) is 7.70. The lowest BCUT2D eigenvalue weighted by Gasteiger charge is -2.18. The molecule has 0 aliphatic heterocycles. The summed E-state index contributed by atoms with van der Waals surface area (Å²) in [5, 5.41) is 9.36. The van der Waals surface area contributed by atoms with Crippen molar-refractivity contribution in [3.05, 3.63) is 29.8 Å². The van der Waals surface area contributed by atoms with Crippen LogP contribution in [-0.4, -0.2) is 24.5 Å². The molecule has 16 heavy (non-hydrogen) atoms. The van der Waals surface area contributed by atoms with Gasteiger partial charge in [0.05, 0.1) is 6.61 Å². The van der Waals surface area contributed by atoms with E-state index >= 15 is 0 Å². The van der Waals surface area contributed by atoms with Crippen LogP contribution < -0.4 is 0 Å². The lowest BCUT2D eigenvalue weighted by atomic mass is 10.0. The molecule has 0 saturated carbocycles. The van der Waals surface area contributed by atoms with Crippen LogP contribution in [0.1, 0.15) is 25.3 Å². The highest BCUT2D eigenvalue weighted by Gasteiger charge is 2.20. The molecule has 90 valence electrons. The molecule has 0 spiro atoms. The van der Waals surface area contributed by atoms with Crippen molar-refractivity contribution >= 4 is 7.37 Å². The number of phenolic OH excluding ortho intramolecular Hbond substituents is 1. The first kappa shape index (κ1) is 13.3. The largest absolute Gasteiger partial charge is 0.508 e. The topological polar surface area (TPSA) is 46.5 Å². The van der Waals surface area contributed by atoms with Gasteiger partial charge in [0.1, 0.15) is 5.75 Å². The third-order valence-corrected chi connectivity index (χ3v) is 4.46. The molecule has 4 heteroatoms. The average molecular weight is 242 g/mol. The Morgan fingerprint density at radius 1 is 1.50 bits per heavy atom. The minimum Gasteiger partial charge on any atom is -0.508 e. The van der Waals surface area contributed by atoms with E-state index in [1.807, 2.05) is 19.9 Å². The fourth-order valence-electron chi connectivity index (χ4n) is 1.76. The second-order valence-corrected chi connectivity index (χ2v) is 6.76. The Balaban J connectivity index is 2.72. The predicted octanol–water partition coefficient (Wildman–Crippen LogP) is 3.44. The average Bonchev–Trinajstić information content (AvgIpc) is 2.16. The first-order chi connectivity index (χ1) is 7.44. The van der Waals surface area contributed by atoms with Crippen LogP contribution in [-0.2, 0) is 9.09 Å². The van der Waals surface area contributed by atoms with Crippen molar-refractivity contribution < 1.29 is 14.2 Å². The highest BCUT2D eigenvalue weighted by atomic mass is 31.2. The van der Waals surface area contributed by atoms with Gasteiger partial charge in [0.25, 0.3) is 0 Å². The fraction of sp³-hybridized carbons (Fsp3) is 0.500. The summed E-state index contributed by atoms with van der Waals surface area (Å²) in [6.45, 7) is 5.97. The molecule has 0 heterocycles. The van der Waals surface area contributed by atoms with Crippen LogP contribution in [0.2, 0.25) is 0 Å². The summed E-state index contributed by atoms with van der Waals surface area (Å²) in [7, 11) is -2.51. The first-order valence-electron chi connectivity index (χ1n) is 5.44. The standard InChI is InChI=1S/C12H19O3P/c1-4-15-16(3,14)9-10(2)11-6-5-7-12(13)8-11/h5-8,10,13H,4,9H2,1-3H3/t10-,16?/m1/s1. The monoisotopic (exact) mass is 242 g/mol. The molecule has 0 amide bonds. The molecule has 2 atom stereocenters. The van der Waals surface area contributed by atoms with Crippen molar-refractivity contribution in [1.29, 1.82) is 0 Å². The maximum absolute atomic E-state index is 12.0. The van der Waals surface area contributed by atoms with E-state index < -0.39 is 7.37 Å². The second kappa shape index (κ2) is 5.51. The zero-order valence-corrected chi connectivity index (χ0v) is 10.9. The minimum atomic E-state index is -2.51. The summed E-state index contributed by atoms with van der Waals surface area (Å²) in [6, 6.07) is 7.06. The third kappa shape index (κ3) is 3.99. The predicted molar refractivity (Wildman–Crippen MR) is 66.5 cm³/mol. The molecule has 0 radical (unpaired) electrons. The van der Waals surface area contributed by atoms with Gasteiger partial charge in [-0.15, -0.1) is 0 Å². The number of rotatable bonds is 5. The SMILES string of the molecule is CCOP(C)(=O)C[C@@H](C)c1cccc(O)c1. The van der Waals surface area contributed by atoms with Gasteiger partial charge in [-0.3, -0.25) is 4.57 Å². The summed E-state index contributed by atoms with van der Waals surface area (Å²) < 4.78 is 17.2. The Morgan fingerprint density at radius 2 is 2.19 bits per heavy atom. The van der Waals surface area contributed by atoms with Crippen molar-refractivity contribution in [3.63, 3.8) is 0 Å². The Bertz CT molecular complexity index is 390. The summed E-state index contributed by atoms with van der Waals surface area (Å²) in [4.78, 5) is 0. The number of aromatic hydroxyl groups is 1. The molecule has 0 aromatic heterocycles. The molecule has 0 bridgehead atoms. The number of hydrogen-bond acceptors (Lipinski definition) is 3. The second-order valence-electron chi connectivity index (χ2n) is 4.11. The van der Waals surface area contributed by atoms with Gasteiger partial charge in [-0.2, -0.15) is 0 Å². The molecule has 1 aromatic rings. The van der Waals surface area contributed by atoms with Crippen LogP contribution in [0.5, 0.6) is 5.75 Å². The normalized spacial score (nSPS) is 16.7. The smallest absolute Gasteiger partial charge is 0.200 e. The van der Waals surface area contributed by atoms with E-state index in [1.165, 1.54) is 0 Å². The van der Waals surface area contributed by atoms with Crippen molar-refractivity contribution in [2.45, 2.75) is 19.8 Å².